The summed E-state index contributed by atoms with van der Waals surface area (Å²) in [5.74, 6) is 0.665. The number of nitrogens with zero attached hydrogens (tertiary/aromatic N) is 6. The van der Waals surface area contributed by atoms with Gasteiger partial charge < -0.3 is 14.5 Å². The molecular weight excluding hydrogens is 427 g/mol. The first kappa shape index (κ1) is 19.6. The fraction of sp³-hybridized carbons (Fsp3) is 0.348. The van der Waals surface area contributed by atoms with Crippen LogP contribution >= 0.6 is 11.3 Å². The number of fused-ring (bicyclic) bond motifs is 1. The summed E-state index contributed by atoms with van der Waals surface area (Å²) >= 11 is 1.63. The van der Waals surface area contributed by atoms with E-state index in [2.05, 4.69) is 20.2 Å². The summed E-state index contributed by atoms with van der Waals surface area (Å²) in [6.45, 7) is 4.02. The van der Waals surface area contributed by atoms with Gasteiger partial charge in [-0.15, -0.1) is 16.4 Å². The van der Waals surface area contributed by atoms with Gasteiger partial charge in [0, 0.05) is 30.6 Å². The number of benzene rings is 1. The molecule has 9 heteroatoms. The molecule has 0 spiro atoms. The fourth-order valence-corrected chi connectivity index (χ4v) is 5.46. The van der Waals surface area contributed by atoms with E-state index in [1.54, 1.807) is 17.4 Å². The first-order chi connectivity index (χ1) is 15.8. The zero-order valence-electron chi connectivity index (χ0n) is 17.5. The monoisotopic (exact) mass is 450 g/mol. The van der Waals surface area contributed by atoms with Crippen molar-refractivity contribution in [3.05, 3.63) is 59.4 Å². The second-order valence-corrected chi connectivity index (χ2v) is 8.93. The average molecular weight is 451 g/mol. The van der Waals surface area contributed by atoms with E-state index in [-0.39, 0.29) is 11.9 Å². The molecule has 4 aromatic rings. The minimum atomic E-state index is -0.160. The van der Waals surface area contributed by atoms with E-state index < -0.39 is 0 Å². The van der Waals surface area contributed by atoms with E-state index in [1.165, 1.54) is 6.07 Å². The van der Waals surface area contributed by atoms with Gasteiger partial charge in [0.25, 0.3) is 0 Å². The van der Waals surface area contributed by atoms with Crippen LogP contribution in [-0.4, -0.2) is 52.4 Å². The van der Waals surface area contributed by atoms with Gasteiger partial charge in [0.05, 0.1) is 25.5 Å². The van der Waals surface area contributed by atoms with Crippen molar-refractivity contribution in [1.82, 2.24) is 19.6 Å². The highest BCUT2D eigenvalue weighted by atomic mass is 32.1. The Balaban J connectivity index is 1.34. The Hall–Kier alpha value is -3.04. The Labute approximate surface area is 189 Å². The van der Waals surface area contributed by atoms with Gasteiger partial charge in [-0.25, -0.2) is 18.9 Å². The van der Waals surface area contributed by atoms with E-state index in [1.807, 2.05) is 35.0 Å². The van der Waals surface area contributed by atoms with Crippen LogP contribution in [-0.2, 0) is 4.74 Å². The van der Waals surface area contributed by atoms with Gasteiger partial charge in [0.15, 0.2) is 10.8 Å². The second kappa shape index (κ2) is 8.14. The van der Waals surface area contributed by atoms with Crippen molar-refractivity contribution in [3.8, 4) is 11.4 Å². The number of imidazole rings is 1. The van der Waals surface area contributed by atoms with Gasteiger partial charge in [-0.3, -0.25) is 0 Å². The van der Waals surface area contributed by atoms with Crippen LogP contribution in [0.3, 0.4) is 0 Å². The van der Waals surface area contributed by atoms with Gasteiger partial charge in [0.1, 0.15) is 23.0 Å². The molecule has 3 aromatic heterocycles. The lowest BCUT2D eigenvalue weighted by Gasteiger charge is -2.26. The minimum Gasteiger partial charge on any atom is -0.378 e. The zero-order chi connectivity index (χ0) is 21.5. The van der Waals surface area contributed by atoms with E-state index in [9.17, 15) is 4.39 Å². The molecule has 0 aliphatic carbocycles. The first-order valence-electron chi connectivity index (χ1n) is 10.9. The number of hydrogen-bond acceptors (Lipinski definition) is 7. The molecule has 2 saturated heterocycles. The van der Waals surface area contributed by atoms with Crippen LogP contribution in [0.1, 0.15) is 24.4 Å². The molecule has 0 saturated carbocycles. The lowest BCUT2D eigenvalue weighted by Crippen LogP contribution is -2.36. The number of thiazole rings is 1. The number of morpholine rings is 1. The Morgan fingerprint density at radius 3 is 2.81 bits per heavy atom. The van der Waals surface area contributed by atoms with Crippen molar-refractivity contribution in [2.24, 2.45) is 0 Å². The van der Waals surface area contributed by atoms with Crippen molar-refractivity contribution < 1.29 is 9.13 Å². The van der Waals surface area contributed by atoms with Crippen LogP contribution in [0.2, 0.25) is 0 Å². The Bertz CT molecular complexity index is 1250. The van der Waals surface area contributed by atoms with Crippen molar-refractivity contribution in [1.29, 1.82) is 0 Å². The molecule has 0 N–H and O–H groups in total. The third kappa shape index (κ3) is 3.41. The summed E-state index contributed by atoms with van der Waals surface area (Å²) in [7, 11) is 0. The number of rotatable bonds is 4. The quantitative estimate of drug-likeness (QED) is 0.465. The maximum atomic E-state index is 14.5. The van der Waals surface area contributed by atoms with E-state index >= 15 is 0 Å². The lowest BCUT2D eigenvalue weighted by atomic mass is 10.0. The van der Waals surface area contributed by atoms with Crippen molar-refractivity contribution >= 4 is 27.9 Å². The standard InChI is InChI=1S/C23H23FN6OS/c24-17-5-2-1-4-16(17)19-6-3-9-29(19)22-8-7-21-25-14-20(30(21)27-22)18-15-32-23(26-18)28-10-12-31-13-11-28/h1-2,4-5,7-8,14-15,19H,3,6,9-13H2. The van der Waals surface area contributed by atoms with Crippen LogP contribution in [0, 0.1) is 5.82 Å². The molecule has 0 radical (unpaired) electrons. The SMILES string of the molecule is Fc1ccccc1C1CCCN1c1ccc2ncc(-c3csc(N4CCOCC4)n3)n2n1. The van der Waals surface area contributed by atoms with E-state index in [0.29, 0.717) is 0 Å². The molecule has 32 heavy (non-hydrogen) atoms. The smallest absolute Gasteiger partial charge is 0.186 e. The molecule has 2 fully saturated rings. The number of aromatic nitrogens is 4. The Kier molecular flexibility index (Phi) is 4.99. The molecule has 0 amide bonds. The first-order valence-corrected chi connectivity index (χ1v) is 11.8. The molecule has 6 rings (SSSR count). The molecule has 164 valence electrons. The van der Waals surface area contributed by atoms with Gasteiger partial charge in [-0.1, -0.05) is 18.2 Å². The summed E-state index contributed by atoms with van der Waals surface area (Å²) in [5.41, 5.74) is 3.22. The van der Waals surface area contributed by atoms with Gasteiger partial charge in [-0.05, 0) is 31.0 Å². The summed E-state index contributed by atoms with van der Waals surface area (Å²) in [6, 6.07) is 11.0. The largest absolute Gasteiger partial charge is 0.378 e. The molecule has 7 nitrogen and oxygen atoms in total. The number of hydrogen-bond donors (Lipinski definition) is 0. The summed E-state index contributed by atoms with van der Waals surface area (Å²) < 4.78 is 21.8. The van der Waals surface area contributed by atoms with Crippen molar-refractivity contribution in [2.45, 2.75) is 18.9 Å². The molecule has 2 aliphatic heterocycles. The van der Waals surface area contributed by atoms with Crippen LogP contribution in [0.15, 0.2) is 48.0 Å². The zero-order valence-corrected chi connectivity index (χ0v) is 18.3. The predicted molar refractivity (Wildman–Crippen MR) is 123 cm³/mol. The number of ether oxygens (including phenoxy) is 1. The molecular formula is C23H23FN6OS. The summed E-state index contributed by atoms with van der Waals surface area (Å²) in [4.78, 5) is 13.8. The van der Waals surface area contributed by atoms with E-state index in [4.69, 9.17) is 14.8 Å². The molecule has 1 atom stereocenters. The maximum Gasteiger partial charge on any atom is 0.186 e. The lowest BCUT2D eigenvalue weighted by molar-refractivity contribution is 0.122. The van der Waals surface area contributed by atoms with Gasteiger partial charge in [0.2, 0.25) is 0 Å². The Morgan fingerprint density at radius 2 is 1.94 bits per heavy atom. The van der Waals surface area contributed by atoms with Crippen LogP contribution in [0.25, 0.3) is 17.0 Å². The molecule has 0 bridgehead atoms. The minimum absolute atomic E-state index is 0.0136. The molecule has 1 aromatic carbocycles. The third-order valence-corrected chi connectivity index (χ3v) is 7.10. The van der Waals surface area contributed by atoms with Gasteiger partial charge >= 0.3 is 0 Å². The van der Waals surface area contributed by atoms with Crippen LogP contribution in [0.5, 0.6) is 0 Å². The number of anilines is 2. The van der Waals surface area contributed by atoms with E-state index in [0.717, 1.165) is 79.2 Å². The molecule has 1 unspecified atom stereocenters. The van der Waals surface area contributed by atoms with Crippen molar-refractivity contribution in [2.75, 3.05) is 42.6 Å². The summed E-state index contributed by atoms with van der Waals surface area (Å²) in [5, 5.41) is 7.96. The highest BCUT2D eigenvalue weighted by Crippen LogP contribution is 2.36. The van der Waals surface area contributed by atoms with Crippen LogP contribution in [0.4, 0.5) is 15.3 Å². The summed E-state index contributed by atoms with van der Waals surface area (Å²) in [6.07, 6.45) is 3.74. The third-order valence-electron chi connectivity index (χ3n) is 6.20. The average Bonchev–Trinajstić information content (AvgIpc) is 3.58. The highest BCUT2D eigenvalue weighted by Gasteiger charge is 2.29. The van der Waals surface area contributed by atoms with Crippen LogP contribution < -0.4 is 9.80 Å². The second-order valence-electron chi connectivity index (χ2n) is 8.09. The predicted octanol–water partition coefficient (Wildman–Crippen LogP) is 4.17. The normalized spacial score (nSPS) is 19.2. The topological polar surface area (TPSA) is 58.8 Å². The molecule has 2 aliphatic rings. The highest BCUT2D eigenvalue weighted by molar-refractivity contribution is 7.14. The van der Waals surface area contributed by atoms with Gasteiger partial charge in [-0.2, -0.15) is 0 Å². The maximum absolute atomic E-state index is 14.5. The van der Waals surface area contributed by atoms with Crippen molar-refractivity contribution in [3.63, 3.8) is 0 Å². The Morgan fingerprint density at radius 1 is 1.06 bits per heavy atom. The molecule has 5 heterocycles. The fourth-order valence-electron chi connectivity index (χ4n) is 4.58. The number of halogens is 1.